The van der Waals surface area contributed by atoms with E-state index in [4.69, 9.17) is 8.85 Å². The van der Waals surface area contributed by atoms with Crippen LogP contribution in [-0.2, 0) is 8.85 Å². The topological polar surface area (TPSA) is 18.5 Å². The zero-order valence-electron chi connectivity index (χ0n) is 20.2. The van der Waals surface area contributed by atoms with E-state index in [1.54, 1.807) is 5.57 Å². The molecule has 2 fully saturated rings. The van der Waals surface area contributed by atoms with Gasteiger partial charge in [0.25, 0.3) is 0 Å². The Labute approximate surface area is 181 Å². The van der Waals surface area contributed by atoms with Crippen molar-refractivity contribution in [2.75, 3.05) is 0 Å². The van der Waals surface area contributed by atoms with Crippen molar-refractivity contribution in [1.82, 2.24) is 0 Å². The summed E-state index contributed by atoms with van der Waals surface area (Å²) in [4.78, 5) is 0. The molecule has 4 aliphatic carbocycles. The minimum absolute atomic E-state index is 0.355. The fourth-order valence-electron chi connectivity index (χ4n) is 7.35. The standard InChI is InChI=1S/C25H44O2Si2/c1-24-15-13-19(26-28(3,4)5)17-18(24)9-10-20-21-11-12-23(27-29(6,7)8)25(21,2)16-14-22(20)24/h9,17,20-23H,10-16H2,1-8H3/t20-,21-,22-,23?,24-,25-/m0/s1. The summed E-state index contributed by atoms with van der Waals surface area (Å²) in [5, 5.41) is 0. The van der Waals surface area contributed by atoms with Crippen molar-refractivity contribution in [1.29, 1.82) is 0 Å². The quantitative estimate of drug-likeness (QED) is 0.428. The Morgan fingerprint density at radius 1 is 0.897 bits per heavy atom. The van der Waals surface area contributed by atoms with Crippen molar-refractivity contribution in [2.45, 2.75) is 104 Å². The van der Waals surface area contributed by atoms with E-state index in [-0.39, 0.29) is 0 Å². The van der Waals surface area contributed by atoms with Crippen LogP contribution in [0.25, 0.3) is 0 Å². The molecule has 0 aromatic heterocycles. The molecule has 4 rings (SSSR count). The Bertz CT molecular complexity index is 713. The van der Waals surface area contributed by atoms with Crippen LogP contribution in [0.4, 0.5) is 0 Å². The highest BCUT2D eigenvalue weighted by Gasteiger charge is 2.59. The third-order valence-electron chi connectivity index (χ3n) is 8.58. The lowest BCUT2D eigenvalue weighted by Gasteiger charge is -2.57. The number of hydrogen-bond acceptors (Lipinski definition) is 2. The maximum Gasteiger partial charge on any atom is 0.241 e. The van der Waals surface area contributed by atoms with Gasteiger partial charge in [0.05, 0.1) is 11.9 Å². The van der Waals surface area contributed by atoms with Gasteiger partial charge in [-0.2, -0.15) is 0 Å². The fraction of sp³-hybridized carbons (Fsp3) is 0.840. The minimum Gasteiger partial charge on any atom is -0.547 e. The zero-order valence-corrected chi connectivity index (χ0v) is 22.2. The van der Waals surface area contributed by atoms with Crippen LogP contribution in [0, 0.1) is 28.6 Å². The average molecular weight is 433 g/mol. The van der Waals surface area contributed by atoms with Gasteiger partial charge in [-0.15, -0.1) is 0 Å². The number of rotatable bonds is 4. The molecule has 0 aromatic carbocycles. The third kappa shape index (κ3) is 3.98. The van der Waals surface area contributed by atoms with Crippen molar-refractivity contribution >= 4 is 16.6 Å². The van der Waals surface area contributed by atoms with Crippen molar-refractivity contribution in [3.63, 3.8) is 0 Å². The van der Waals surface area contributed by atoms with Gasteiger partial charge < -0.3 is 8.85 Å². The van der Waals surface area contributed by atoms with Crippen LogP contribution < -0.4 is 0 Å². The van der Waals surface area contributed by atoms with Gasteiger partial charge in [-0.1, -0.05) is 19.9 Å². The molecule has 0 aromatic rings. The van der Waals surface area contributed by atoms with Gasteiger partial charge >= 0.3 is 0 Å². The van der Waals surface area contributed by atoms with Crippen molar-refractivity contribution < 1.29 is 8.85 Å². The van der Waals surface area contributed by atoms with Crippen molar-refractivity contribution in [2.24, 2.45) is 28.6 Å². The van der Waals surface area contributed by atoms with E-state index in [2.05, 4.69) is 65.3 Å². The molecule has 2 nitrogen and oxygen atoms in total. The predicted molar refractivity (Wildman–Crippen MR) is 128 cm³/mol. The molecule has 0 spiro atoms. The molecule has 0 saturated heterocycles. The first-order chi connectivity index (χ1) is 13.3. The molecule has 0 amide bonds. The molecule has 0 N–H and O–H groups in total. The molecule has 0 aliphatic heterocycles. The Morgan fingerprint density at radius 2 is 1.62 bits per heavy atom. The molecule has 4 aliphatic rings. The van der Waals surface area contributed by atoms with E-state index in [1.165, 1.54) is 44.3 Å². The summed E-state index contributed by atoms with van der Waals surface area (Å²) in [6.07, 6.45) is 14.6. The smallest absolute Gasteiger partial charge is 0.241 e. The van der Waals surface area contributed by atoms with Gasteiger partial charge in [0.2, 0.25) is 8.32 Å². The second-order valence-electron chi connectivity index (χ2n) is 12.9. The summed E-state index contributed by atoms with van der Waals surface area (Å²) in [6, 6.07) is 0. The fourth-order valence-corrected chi connectivity index (χ4v) is 9.53. The molecule has 6 atom stereocenters. The zero-order chi connectivity index (χ0) is 21.2. The van der Waals surface area contributed by atoms with Gasteiger partial charge in [-0.3, -0.25) is 0 Å². The van der Waals surface area contributed by atoms with Gasteiger partial charge in [0, 0.05) is 6.42 Å². The van der Waals surface area contributed by atoms with E-state index in [0.717, 1.165) is 24.2 Å². The largest absolute Gasteiger partial charge is 0.547 e. The second-order valence-corrected chi connectivity index (χ2v) is 21.7. The van der Waals surface area contributed by atoms with Gasteiger partial charge in [-0.25, -0.2) is 0 Å². The molecule has 0 heterocycles. The van der Waals surface area contributed by atoms with Gasteiger partial charge in [0.15, 0.2) is 8.32 Å². The van der Waals surface area contributed by atoms with E-state index in [9.17, 15) is 0 Å². The number of allylic oxidation sites excluding steroid dienone is 4. The molecule has 164 valence electrons. The van der Waals surface area contributed by atoms with Crippen LogP contribution in [0.5, 0.6) is 0 Å². The van der Waals surface area contributed by atoms with Crippen LogP contribution in [-0.4, -0.2) is 22.7 Å². The normalized spacial score (nSPS) is 42.3. The first-order valence-electron chi connectivity index (χ1n) is 12.1. The number of hydrogen-bond donors (Lipinski definition) is 0. The Hall–Kier alpha value is -0.326. The lowest BCUT2D eigenvalue weighted by molar-refractivity contribution is -0.0579. The highest BCUT2D eigenvalue weighted by molar-refractivity contribution is 6.70. The molecule has 2 saturated carbocycles. The lowest BCUT2D eigenvalue weighted by Crippen LogP contribution is -2.51. The molecular weight excluding hydrogens is 388 g/mol. The summed E-state index contributed by atoms with van der Waals surface area (Å²) in [5.74, 6) is 3.80. The summed E-state index contributed by atoms with van der Waals surface area (Å²) < 4.78 is 13.1. The van der Waals surface area contributed by atoms with Gasteiger partial charge in [-0.05, 0) is 118 Å². The van der Waals surface area contributed by atoms with Crippen LogP contribution in [0.2, 0.25) is 39.3 Å². The van der Waals surface area contributed by atoms with E-state index in [0.29, 0.717) is 16.9 Å². The monoisotopic (exact) mass is 432 g/mol. The van der Waals surface area contributed by atoms with Crippen LogP contribution >= 0.6 is 0 Å². The van der Waals surface area contributed by atoms with E-state index >= 15 is 0 Å². The van der Waals surface area contributed by atoms with Gasteiger partial charge in [0.1, 0.15) is 0 Å². The maximum absolute atomic E-state index is 6.74. The Balaban J connectivity index is 1.58. The Morgan fingerprint density at radius 3 is 2.28 bits per heavy atom. The predicted octanol–water partition coefficient (Wildman–Crippen LogP) is 7.51. The molecule has 0 radical (unpaired) electrons. The highest BCUT2D eigenvalue weighted by Crippen LogP contribution is 2.65. The molecule has 0 bridgehead atoms. The summed E-state index contributed by atoms with van der Waals surface area (Å²) in [5.41, 5.74) is 2.35. The highest BCUT2D eigenvalue weighted by atomic mass is 28.4. The van der Waals surface area contributed by atoms with Crippen molar-refractivity contribution in [3.05, 3.63) is 23.5 Å². The maximum atomic E-state index is 6.74. The summed E-state index contributed by atoms with van der Waals surface area (Å²) in [7, 11) is -3.01. The summed E-state index contributed by atoms with van der Waals surface area (Å²) >= 11 is 0. The average Bonchev–Trinajstić information content (AvgIpc) is 2.89. The second kappa shape index (κ2) is 7.10. The van der Waals surface area contributed by atoms with Crippen LogP contribution in [0.3, 0.4) is 0 Å². The summed E-state index contributed by atoms with van der Waals surface area (Å²) in [6.45, 7) is 19.1. The SMILES string of the molecule is C[C@]12CCC(O[Si](C)(C)C)=CC1=CC[C@@H]1[C@@H]2CC[C@]2(C)C(O[Si](C)(C)C)CC[C@@H]12. The van der Waals surface area contributed by atoms with E-state index in [1.807, 2.05) is 0 Å². The minimum atomic E-state index is -1.52. The molecule has 1 unspecified atom stereocenters. The molecular formula is C25H44O2Si2. The molecule has 29 heavy (non-hydrogen) atoms. The third-order valence-corrected chi connectivity index (χ3v) is 10.4. The number of fused-ring (bicyclic) bond motifs is 5. The first-order valence-corrected chi connectivity index (χ1v) is 18.9. The molecule has 4 heteroatoms. The Kier molecular flexibility index (Phi) is 5.36. The van der Waals surface area contributed by atoms with E-state index < -0.39 is 16.6 Å². The lowest BCUT2D eigenvalue weighted by atomic mass is 9.48. The van der Waals surface area contributed by atoms with Crippen molar-refractivity contribution in [3.8, 4) is 0 Å². The van der Waals surface area contributed by atoms with Crippen LogP contribution in [0.15, 0.2) is 23.5 Å². The first kappa shape index (κ1) is 21.9. The van der Waals surface area contributed by atoms with Crippen LogP contribution in [0.1, 0.15) is 58.8 Å².